The van der Waals surface area contributed by atoms with Crippen molar-refractivity contribution < 1.29 is 33.4 Å². The van der Waals surface area contributed by atoms with Crippen molar-refractivity contribution in [1.29, 1.82) is 0 Å². The number of H-pyrrole nitrogens is 1. The quantitative estimate of drug-likeness (QED) is 0.119. The molecule has 2 aliphatic carbocycles. The highest BCUT2D eigenvalue weighted by Crippen LogP contribution is 2.46. The molecule has 342 valence electrons. The van der Waals surface area contributed by atoms with Gasteiger partial charge in [0.25, 0.3) is 0 Å². The van der Waals surface area contributed by atoms with Crippen LogP contribution in [0.15, 0.2) is 90.1 Å². The van der Waals surface area contributed by atoms with Crippen LogP contribution in [-0.4, -0.2) is 108 Å². The number of hydrogen-bond acceptors (Lipinski definition) is 10. The van der Waals surface area contributed by atoms with E-state index >= 15 is 0 Å². The van der Waals surface area contributed by atoms with Gasteiger partial charge >= 0.3 is 12.2 Å². The maximum atomic E-state index is 14.5. The number of rotatable bonds is 12. The molecule has 66 heavy (non-hydrogen) atoms. The zero-order valence-corrected chi connectivity index (χ0v) is 37.5. The van der Waals surface area contributed by atoms with E-state index in [1.807, 2.05) is 60.4 Å². The lowest BCUT2D eigenvalue weighted by molar-refractivity contribution is -0.138. The Morgan fingerprint density at radius 2 is 1.67 bits per heavy atom. The molecule has 4 amide bonds. The van der Waals surface area contributed by atoms with Gasteiger partial charge in [0.15, 0.2) is 0 Å². The van der Waals surface area contributed by atoms with Gasteiger partial charge in [-0.05, 0) is 96.9 Å². The molecule has 0 spiro atoms. The van der Waals surface area contributed by atoms with Crippen molar-refractivity contribution in [3.63, 3.8) is 0 Å². The van der Waals surface area contributed by atoms with E-state index < -0.39 is 24.3 Å². The number of nitrogens with one attached hydrogen (secondary N) is 4. The molecule has 3 aromatic carbocycles. The summed E-state index contributed by atoms with van der Waals surface area (Å²) < 4.78 is 15.4. The van der Waals surface area contributed by atoms with Gasteiger partial charge in [0.05, 0.1) is 44.7 Å². The Kier molecular flexibility index (Phi) is 13.2. The number of aromatic amines is 1. The Balaban J connectivity index is 0.862. The van der Waals surface area contributed by atoms with Gasteiger partial charge in [0.1, 0.15) is 29.8 Å². The van der Waals surface area contributed by atoms with E-state index in [4.69, 9.17) is 19.2 Å². The number of amidine groups is 1. The minimum Gasteiger partial charge on any atom is -0.453 e. The van der Waals surface area contributed by atoms with Gasteiger partial charge in [0, 0.05) is 36.9 Å². The van der Waals surface area contributed by atoms with Gasteiger partial charge in [-0.1, -0.05) is 79.4 Å². The second kappa shape index (κ2) is 19.7. The molecule has 2 saturated heterocycles. The summed E-state index contributed by atoms with van der Waals surface area (Å²) in [7, 11) is 2.60. The van der Waals surface area contributed by atoms with Crippen molar-refractivity contribution in [2.75, 3.05) is 34.0 Å². The SMILES string of the molecule is CCCN(Cc1ncc(-c2ccc(C#Cc3ccc4c(c3)C=CC3NC(C5C6CCC(C6)N5C(=O)[C@@H](NC(=O)OC)C5CCOCC5)=NC43)cc2)[nH]1)C(=O)[C@H](NC(=O)OC)c1ccccc1. The van der Waals surface area contributed by atoms with Crippen LogP contribution in [0.5, 0.6) is 0 Å². The number of aliphatic imine (C=N–C) groups is 1. The molecule has 1 saturated carbocycles. The number of alkyl carbamates (subject to hydrolysis) is 2. The first-order valence-electron chi connectivity index (χ1n) is 23.0. The minimum atomic E-state index is -0.907. The number of methoxy groups -OCH3 is 2. The monoisotopic (exact) mass is 892 g/mol. The number of piperidine rings is 1. The van der Waals surface area contributed by atoms with Gasteiger partial charge in [-0.2, -0.15) is 0 Å². The molecule has 0 radical (unpaired) electrons. The summed E-state index contributed by atoms with van der Waals surface area (Å²) in [4.78, 5) is 70.0. The van der Waals surface area contributed by atoms with Crippen molar-refractivity contribution in [1.82, 2.24) is 35.7 Å². The van der Waals surface area contributed by atoms with E-state index in [0.29, 0.717) is 49.9 Å². The van der Waals surface area contributed by atoms with Crippen LogP contribution in [0.2, 0.25) is 0 Å². The molecule has 4 N–H and O–H groups in total. The van der Waals surface area contributed by atoms with Crippen LogP contribution in [0.4, 0.5) is 9.59 Å². The highest BCUT2D eigenvalue weighted by Gasteiger charge is 2.54. The Morgan fingerprint density at radius 3 is 2.42 bits per heavy atom. The first-order chi connectivity index (χ1) is 32.2. The Bertz CT molecular complexity index is 2560. The largest absolute Gasteiger partial charge is 0.453 e. The predicted molar refractivity (Wildman–Crippen MR) is 248 cm³/mol. The molecule has 2 bridgehead atoms. The van der Waals surface area contributed by atoms with Crippen molar-refractivity contribution in [2.24, 2.45) is 16.8 Å². The van der Waals surface area contributed by atoms with E-state index in [2.05, 4.69) is 62.0 Å². The summed E-state index contributed by atoms with van der Waals surface area (Å²) in [6.07, 6.45) is 9.82. The number of amides is 4. The summed E-state index contributed by atoms with van der Waals surface area (Å²) in [5, 5.41) is 9.28. The Labute approximate surface area is 384 Å². The molecule has 5 unspecified atom stereocenters. The number of benzene rings is 3. The summed E-state index contributed by atoms with van der Waals surface area (Å²) in [6, 6.07) is 21.5. The Hall–Kier alpha value is -6.92. The van der Waals surface area contributed by atoms with Crippen LogP contribution in [0, 0.1) is 23.7 Å². The Morgan fingerprint density at radius 1 is 0.924 bits per heavy atom. The fraction of sp³-hybridized carbons (Fsp3) is 0.412. The van der Waals surface area contributed by atoms with Crippen LogP contribution < -0.4 is 16.0 Å². The minimum absolute atomic E-state index is 0.0236. The highest BCUT2D eigenvalue weighted by molar-refractivity contribution is 5.97. The molecule has 3 aliphatic heterocycles. The van der Waals surface area contributed by atoms with E-state index in [0.717, 1.165) is 65.0 Å². The third kappa shape index (κ3) is 9.28. The lowest BCUT2D eigenvalue weighted by Gasteiger charge is -2.40. The van der Waals surface area contributed by atoms with Gasteiger partial charge in [-0.25, -0.2) is 14.6 Å². The second-order valence-corrected chi connectivity index (χ2v) is 17.6. The predicted octanol–water partition coefficient (Wildman–Crippen LogP) is 6.28. The van der Waals surface area contributed by atoms with Gasteiger partial charge in [-0.15, -0.1) is 0 Å². The number of carbonyl (C=O) groups is 4. The van der Waals surface area contributed by atoms with E-state index in [9.17, 15) is 19.2 Å². The maximum Gasteiger partial charge on any atom is 0.407 e. The fourth-order valence-electron chi connectivity index (χ4n) is 10.3. The number of imidazole rings is 1. The first-order valence-corrected chi connectivity index (χ1v) is 23.0. The maximum absolute atomic E-state index is 14.5. The molecule has 4 aromatic rings. The zero-order valence-electron chi connectivity index (χ0n) is 37.5. The van der Waals surface area contributed by atoms with Gasteiger partial charge in [0.2, 0.25) is 11.8 Å². The molecule has 4 heterocycles. The van der Waals surface area contributed by atoms with Crippen LogP contribution in [0.1, 0.15) is 91.2 Å². The van der Waals surface area contributed by atoms with Crippen molar-refractivity contribution >= 4 is 35.9 Å². The summed E-state index contributed by atoms with van der Waals surface area (Å²) in [5.74, 6) is 8.09. The average molecular weight is 893 g/mol. The van der Waals surface area contributed by atoms with E-state index in [1.165, 1.54) is 14.2 Å². The number of nitrogens with zero attached hydrogens (tertiary/aromatic N) is 4. The van der Waals surface area contributed by atoms with Gasteiger partial charge < -0.3 is 44.9 Å². The highest BCUT2D eigenvalue weighted by atomic mass is 16.5. The molecule has 1 aromatic heterocycles. The van der Waals surface area contributed by atoms with Crippen LogP contribution in [-0.2, 0) is 30.3 Å². The number of ether oxygens (including phenoxy) is 3. The molecule has 15 heteroatoms. The molecular formula is C51H56N8O7. The third-order valence-electron chi connectivity index (χ3n) is 13.6. The molecule has 9 rings (SSSR count). The lowest BCUT2D eigenvalue weighted by Crippen LogP contribution is -2.60. The second-order valence-electron chi connectivity index (χ2n) is 17.6. The molecule has 15 nitrogen and oxygen atoms in total. The van der Waals surface area contributed by atoms with Crippen LogP contribution in [0.3, 0.4) is 0 Å². The molecule has 7 atom stereocenters. The summed E-state index contributed by atoms with van der Waals surface area (Å²) in [5.41, 5.74) is 6.32. The zero-order chi connectivity index (χ0) is 45.7. The van der Waals surface area contributed by atoms with Crippen molar-refractivity contribution in [3.05, 3.63) is 119 Å². The molecule has 5 aliphatic rings. The fourth-order valence-corrected chi connectivity index (χ4v) is 10.3. The van der Waals surface area contributed by atoms with E-state index in [-0.39, 0.29) is 48.4 Å². The van der Waals surface area contributed by atoms with Crippen LogP contribution in [0.25, 0.3) is 17.3 Å². The number of fused-ring (bicyclic) bond motifs is 5. The normalized spacial score (nSPS) is 22.4. The topological polar surface area (TPSA) is 180 Å². The summed E-state index contributed by atoms with van der Waals surface area (Å²) >= 11 is 0. The van der Waals surface area contributed by atoms with Gasteiger partial charge in [-0.3, -0.25) is 14.6 Å². The van der Waals surface area contributed by atoms with E-state index in [1.54, 1.807) is 23.2 Å². The van der Waals surface area contributed by atoms with Crippen LogP contribution >= 0.6 is 0 Å². The lowest BCUT2D eigenvalue weighted by atomic mass is 9.89. The number of likely N-dealkylation sites (tertiary alicyclic amines) is 1. The average Bonchev–Trinajstić information content (AvgIpc) is 4.19. The molecular weight excluding hydrogens is 837 g/mol. The standard InChI is InChI=1S/C51H56N8O7/c1-4-24-58(48(60)43(56-50(62)64-2)34-8-6-5-7-9-34)30-42-52-29-41(53-42)33-15-12-31(13-16-33)10-11-32-14-20-39-36(27-32)18-21-40-45(39)55-47(54-40)46-37-17-19-38(28-37)59(46)49(61)44(57-51(63)65-3)35-22-25-66-26-23-35/h5-9,12-16,18,20-21,27,29,35,37-38,40,43-46H,4,17,19,22-26,28,30H2,1-3H3,(H,52,53)(H,54,55)(H,56,62)(H,57,63)/t37?,38?,40?,43-,44+,45?,46?/m1/s1. The third-order valence-corrected chi connectivity index (χ3v) is 13.6. The number of carbonyl (C=O) groups excluding carboxylic acids is 4. The number of hydrogen-bond donors (Lipinski definition) is 4. The van der Waals surface area contributed by atoms with Crippen molar-refractivity contribution in [3.8, 4) is 23.1 Å². The molecule has 3 fully saturated rings. The van der Waals surface area contributed by atoms with Crippen molar-refractivity contribution in [2.45, 2.75) is 88.2 Å². The number of aromatic nitrogens is 2. The first kappa shape index (κ1) is 44.3. The summed E-state index contributed by atoms with van der Waals surface area (Å²) in [6.45, 7) is 3.84. The smallest absolute Gasteiger partial charge is 0.407 e.